The van der Waals surface area contributed by atoms with Crippen LogP contribution in [-0.2, 0) is 19.5 Å². The van der Waals surface area contributed by atoms with Crippen LogP contribution in [0.3, 0.4) is 0 Å². The lowest BCUT2D eigenvalue weighted by molar-refractivity contribution is -0.0230. The molecule has 1 N–H and O–H groups in total. The number of nitrogens with zero attached hydrogens (tertiary/aromatic N) is 4. The number of rotatable bonds is 9. The van der Waals surface area contributed by atoms with E-state index in [9.17, 15) is 13.6 Å². The fourth-order valence-corrected chi connectivity index (χ4v) is 6.25. The zero-order valence-electron chi connectivity index (χ0n) is 21.5. The molecule has 1 amide bonds. The van der Waals surface area contributed by atoms with Crippen LogP contribution in [0.4, 0.5) is 8.78 Å². The molecule has 0 spiro atoms. The van der Waals surface area contributed by atoms with Gasteiger partial charge in [-0.25, -0.2) is 13.8 Å². The van der Waals surface area contributed by atoms with Crippen LogP contribution >= 0.6 is 11.3 Å². The Morgan fingerprint density at radius 3 is 2.84 bits per heavy atom. The number of carbonyl (C=O) groups is 1. The summed E-state index contributed by atoms with van der Waals surface area (Å²) in [6.45, 7) is 5.76. The predicted molar refractivity (Wildman–Crippen MR) is 140 cm³/mol. The largest absolute Gasteiger partial charge is 0.464 e. The first kappa shape index (κ1) is 26.0. The van der Waals surface area contributed by atoms with Crippen molar-refractivity contribution in [3.05, 3.63) is 40.5 Å². The summed E-state index contributed by atoms with van der Waals surface area (Å²) in [4.78, 5) is 21.0. The molecule has 0 unspecified atom stereocenters. The van der Waals surface area contributed by atoms with Crippen LogP contribution in [0.25, 0.3) is 10.9 Å². The number of aromatic nitrogens is 3. The fraction of sp³-hybridized carbons (Fsp3) is 0.593. The van der Waals surface area contributed by atoms with Gasteiger partial charge in [0.1, 0.15) is 0 Å². The highest BCUT2D eigenvalue weighted by atomic mass is 32.1. The summed E-state index contributed by atoms with van der Waals surface area (Å²) >= 11 is 1.40. The Kier molecular flexibility index (Phi) is 7.76. The Balaban J connectivity index is 1.06. The van der Waals surface area contributed by atoms with Crippen molar-refractivity contribution in [3.8, 4) is 5.19 Å². The third-order valence-corrected chi connectivity index (χ3v) is 8.51. The monoisotopic (exact) mass is 531 g/mol. The third-order valence-electron chi connectivity index (χ3n) is 7.44. The smallest absolute Gasteiger partial charge is 0.278 e. The second kappa shape index (κ2) is 11.0. The molecule has 37 heavy (non-hydrogen) atoms. The Morgan fingerprint density at radius 1 is 1.27 bits per heavy atom. The van der Waals surface area contributed by atoms with Crippen LogP contribution < -0.4 is 10.1 Å². The van der Waals surface area contributed by atoms with E-state index in [2.05, 4.69) is 20.3 Å². The number of nitrogens with one attached hydrogen (secondary N) is 1. The normalized spacial score (nSPS) is 20.6. The highest BCUT2D eigenvalue weighted by molar-refractivity contribution is 7.13. The molecule has 7 nitrogen and oxygen atoms in total. The molecule has 3 aromatic rings. The minimum absolute atomic E-state index is 0.0110. The van der Waals surface area contributed by atoms with Gasteiger partial charge in [0, 0.05) is 49.1 Å². The SMILES string of the molecule is CCn1cc2c(C(=O)NC3CCC(CCN4CCc5sc(OCC(C)(F)F)nc5C4)CC3)cccc2n1. The van der Waals surface area contributed by atoms with Gasteiger partial charge in [-0.05, 0) is 70.0 Å². The number of amides is 1. The van der Waals surface area contributed by atoms with Gasteiger partial charge in [0.25, 0.3) is 17.0 Å². The van der Waals surface area contributed by atoms with Crippen molar-refractivity contribution in [2.24, 2.45) is 5.92 Å². The molecule has 3 heterocycles. The zero-order valence-corrected chi connectivity index (χ0v) is 22.3. The molecule has 2 aliphatic rings. The lowest BCUT2D eigenvalue weighted by atomic mass is 9.84. The van der Waals surface area contributed by atoms with E-state index in [-0.39, 0.29) is 11.9 Å². The summed E-state index contributed by atoms with van der Waals surface area (Å²) < 4.78 is 33.2. The van der Waals surface area contributed by atoms with Crippen molar-refractivity contribution < 1.29 is 18.3 Å². The first-order chi connectivity index (χ1) is 17.8. The van der Waals surface area contributed by atoms with Crippen molar-refractivity contribution in [3.63, 3.8) is 0 Å². The first-order valence-corrected chi connectivity index (χ1v) is 14.1. The van der Waals surface area contributed by atoms with E-state index < -0.39 is 12.5 Å². The quantitative estimate of drug-likeness (QED) is 0.407. The number of thiazole rings is 1. The molecule has 1 saturated carbocycles. The van der Waals surface area contributed by atoms with Gasteiger partial charge in [-0.3, -0.25) is 14.4 Å². The van der Waals surface area contributed by atoms with Crippen LogP contribution in [0.15, 0.2) is 24.4 Å². The average Bonchev–Trinajstić information content (AvgIpc) is 3.49. The summed E-state index contributed by atoms with van der Waals surface area (Å²) in [6, 6.07) is 5.93. The summed E-state index contributed by atoms with van der Waals surface area (Å²) in [5.74, 6) is -2.21. The number of hydrogen-bond acceptors (Lipinski definition) is 6. The average molecular weight is 532 g/mol. The van der Waals surface area contributed by atoms with E-state index in [1.165, 1.54) is 11.3 Å². The lowest BCUT2D eigenvalue weighted by Crippen LogP contribution is -2.38. The maximum absolute atomic E-state index is 13.1. The first-order valence-electron chi connectivity index (χ1n) is 13.3. The Morgan fingerprint density at radius 2 is 2.08 bits per heavy atom. The predicted octanol–water partition coefficient (Wildman–Crippen LogP) is 5.28. The summed E-state index contributed by atoms with van der Waals surface area (Å²) in [5.41, 5.74) is 2.52. The van der Waals surface area contributed by atoms with Gasteiger partial charge in [-0.15, -0.1) is 0 Å². The standard InChI is InChI=1S/C27H35F2N5O2S/c1-3-34-15-21-20(5-4-6-22(21)32-34)25(35)30-19-9-7-18(8-10-19)11-13-33-14-12-24-23(16-33)31-26(37-24)36-17-27(2,28)29/h4-6,15,18-19H,3,7-14,16-17H2,1-2H3,(H,30,35). The van der Waals surface area contributed by atoms with Crippen LogP contribution in [0.2, 0.25) is 0 Å². The molecular formula is C27H35F2N5O2S. The maximum Gasteiger partial charge on any atom is 0.278 e. The molecule has 1 aliphatic carbocycles. The molecule has 5 rings (SSSR count). The zero-order chi connectivity index (χ0) is 26.0. The summed E-state index contributed by atoms with van der Waals surface area (Å²) in [6.07, 6.45) is 8.19. The Bertz CT molecular complexity index is 1230. The molecule has 2 aromatic heterocycles. The number of halogens is 2. The third kappa shape index (κ3) is 6.46. The van der Waals surface area contributed by atoms with Crippen LogP contribution in [-0.4, -0.2) is 57.2 Å². The van der Waals surface area contributed by atoms with E-state index in [1.54, 1.807) is 0 Å². The van der Waals surface area contributed by atoms with Gasteiger partial charge in [0.05, 0.1) is 16.8 Å². The van der Waals surface area contributed by atoms with E-state index in [1.807, 2.05) is 36.0 Å². The van der Waals surface area contributed by atoms with Gasteiger partial charge in [0.2, 0.25) is 0 Å². The number of aryl methyl sites for hydroxylation is 1. The number of ether oxygens (including phenoxy) is 1. The molecule has 1 aliphatic heterocycles. The maximum atomic E-state index is 13.1. The van der Waals surface area contributed by atoms with Crippen molar-refractivity contribution in [1.82, 2.24) is 25.0 Å². The molecule has 0 radical (unpaired) electrons. The highest BCUT2D eigenvalue weighted by Gasteiger charge is 2.27. The number of benzene rings is 1. The number of carbonyl (C=O) groups excluding carboxylic acids is 1. The second-order valence-corrected chi connectivity index (χ2v) is 11.5. The van der Waals surface area contributed by atoms with Crippen molar-refractivity contribution in [2.45, 2.75) is 77.4 Å². The number of alkyl halides is 2. The summed E-state index contributed by atoms with van der Waals surface area (Å²) in [7, 11) is 0. The molecule has 10 heteroatoms. The summed E-state index contributed by atoms with van der Waals surface area (Å²) in [5, 5.41) is 9.03. The van der Waals surface area contributed by atoms with Crippen molar-refractivity contribution >= 4 is 28.1 Å². The topological polar surface area (TPSA) is 72.3 Å². The molecule has 0 atom stereocenters. The molecule has 0 bridgehead atoms. The van der Waals surface area contributed by atoms with Crippen LogP contribution in [0.1, 0.15) is 66.9 Å². The highest BCUT2D eigenvalue weighted by Crippen LogP contribution is 2.32. The van der Waals surface area contributed by atoms with Gasteiger partial charge in [-0.2, -0.15) is 5.10 Å². The Labute approximate surface area is 220 Å². The lowest BCUT2D eigenvalue weighted by Gasteiger charge is -2.32. The molecular weight excluding hydrogens is 496 g/mol. The molecule has 0 saturated heterocycles. The van der Waals surface area contributed by atoms with E-state index >= 15 is 0 Å². The van der Waals surface area contributed by atoms with Gasteiger partial charge in [-0.1, -0.05) is 17.4 Å². The van der Waals surface area contributed by atoms with Gasteiger partial charge >= 0.3 is 0 Å². The molecule has 1 fully saturated rings. The van der Waals surface area contributed by atoms with E-state index in [4.69, 9.17) is 4.74 Å². The minimum Gasteiger partial charge on any atom is -0.464 e. The van der Waals surface area contributed by atoms with Crippen LogP contribution in [0.5, 0.6) is 5.19 Å². The second-order valence-electron chi connectivity index (χ2n) is 10.4. The number of fused-ring (bicyclic) bond motifs is 2. The Hall–Kier alpha value is -2.59. The minimum atomic E-state index is -2.85. The van der Waals surface area contributed by atoms with Gasteiger partial charge < -0.3 is 10.1 Å². The molecule has 200 valence electrons. The fourth-order valence-electron chi connectivity index (χ4n) is 5.35. The van der Waals surface area contributed by atoms with Gasteiger partial charge in [0.15, 0.2) is 6.61 Å². The van der Waals surface area contributed by atoms with E-state index in [0.717, 1.165) is 93.1 Å². The molecule has 1 aromatic carbocycles. The van der Waals surface area contributed by atoms with Crippen molar-refractivity contribution in [1.29, 1.82) is 0 Å². The van der Waals surface area contributed by atoms with Crippen molar-refractivity contribution in [2.75, 3.05) is 19.7 Å². The van der Waals surface area contributed by atoms with E-state index in [0.29, 0.717) is 16.7 Å². The number of hydrogen-bond donors (Lipinski definition) is 1. The van der Waals surface area contributed by atoms with Crippen LogP contribution in [0, 0.1) is 5.92 Å².